The van der Waals surface area contributed by atoms with E-state index in [2.05, 4.69) is 20.7 Å². The summed E-state index contributed by atoms with van der Waals surface area (Å²) in [6.45, 7) is 0.520. The number of nitrogen functional groups attached to an aromatic ring is 1. The Labute approximate surface area is 87.9 Å². The van der Waals surface area contributed by atoms with E-state index in [1.807, 2.05) is 0 Å². The highest BCUT2D eigenvalue weighted by atomic mass is 16.3. The van der Waals surface area contributed by atoms with Crippen LogP contribution in [0.15, 0.2) is 12.3 Å². The average molecular weight is 209 g/mol. The fourth-order valence-electron chi connectivity index (χ4n) is 1.38. The lowest BCUT2D eigenvalue weighted by Gasteiger charge is -2.11. The van der Waals surface area contributed by atoms with Crippen molar-refractivity contribution in [3.8, 4) is 0 Å². The summed E-state index contributed by atoms with van der Waals surface area (Å²) in [7, 11) is 0. The lowest BCUT2D eigenvalue weighted by molar-refractivity contribution is 0.164. The molecule has 1 aliphatic rings. The molecule has 1 unspecified atom stereocenters. The van der Waals surface area contributed by atoms with E-state index in [0.717, 1.165) is 12.8 Å². The SMILES string of the molecule is NNc1nccc(NCC(O)C2CC2)n1. The molecule has 0 bridgehead atoms. The molecule has 1 atom stereocenters. The lowest BCUT2D eigenvalue weighted by atomic mass is 10.2. The molecule has 1 aromatic rings. The van der Waals surface area contributed by atoms with Crippen LogP contribution in [0.25, 0.3) is 0 Å². The van der Waals surface area contributed by atoms with Gasteiger partial charge in [0.15, 0.2) is 0 Å². The Kier molecular flexibility index (Phi) is 2.98. The number of nitrogens with one attached hydrogen (secondary N) is 2. The highest BCUT2D eigenvalue weighted by Gasteiger charge is 2.29. The van der Waals surface area contributed by atoms with Crippen LogP contribution in [-0.4, -0.2) is 27.7 Å². The minimum Gasteiger partial charge on any atom is -0.391 e. The molecule has 1 aliphatic carbocycles. The van der Waals surface area contributed by atoms with Gasteiger partial charge >= 0.3 is 0 Å². The Morgan fingerprint density at radius 2 is 2.40 bits per heavy atom. The van der Waals surface area contributed by atoms with E-state index in [-0.39, 0.29) is 6.10 Å². The van der Waals surface area contributed by atoms with E-state index in [0.29, 0.717) is 24.2 Å². The third-order valence-electron chi connectivity index (χ3n) is 2.44. The minimum absolute atomic E-state index is 0.283. The Bertz CT molecular complexity index is 328. The van der Waals surface area contributed by atoms with Crippen LogP contribution in [0.4, 0.5) is 11.8 Å². The van der Waals surface area contributed by atoms with Gasteiger partial charge in [0.1, 0.15) is 5.82 Å². The Hall–Kier alpha value is -1.40. The van der Waals surface area contributed by atoms with Gasteiger partial charge in [-0.3, -0.25) is 5.43 Å². The topological polar surface area (TPSA) is 96.1 Å². The van der Waals surface area contributed by atoms with Crippen LogP contribution in [0.5, 0.6) is 0 Å². The van der Waals surface area contributed by atoms with Crippen LogP contribution in [0, 0.1) is 5.92 Å². The van der Waals surface area contributed by atoms with Crippen LogP contribution >= 0.6 is 0 Å². The summed E-state index contributed by atoms with van der Waals surface area (Å²) < 4.78 is 0. The molecule has 1 aromatic heterocycles. The number of aliphatic hydroxyl groups excluding tert-OH is 1. The number of nitrogens with zero attached hydrogens (tertiary/aromatic N) is 2. The molecule has 6 nitrogen and oxygen atoms in total. The highest BCUT2D eigenvalue weighted by molar-refractivity contribution is 5.38. The maximum atomic E-state index is 9.63. The number of anilines is 2. The third-order valence-corrected chi connectivity index (χ3v) is 2.44. The summed E-state index contributed by atoms with van der Waals surface area (Å²) in [5.74, 6) is 6.67. The van der Waals surface area contributed by atoms with Gasteiger partial charge in [0.05, 0.1) is 6.10 Å². The number of hydrogen-bond donors (Lipinski definition) is 4. The second-order valence-corrected chi connectivity index (χ2v) is 3.70. The third kappa shape index (κ3) is 2.77. The Morgan fingerprint density at radius 3 is 3.07 bits per heavy atom. The molecule has 2 rings (SSSR count). The standard InChI is InChI=1S/C9H15N5O/c10-14-9-11-4-3-8(13-9)12-5-7(15)6-1-2-6/h3-4,6-7,15H,1-2,5,10H2,(H2,11,12,13,14). The summed E-state index contributed by atoms with van der Waals surface area (Å²) in [5, 5.41) is 12.7. The van der Waals surface area contributed by atoms with Crippen molar-refractivity contribution in [1.29, 1.82) is 0 Å². The molecule has 0 amide bonds. The molecule has 0 spiro atoms. The number of aromatic nitrogens is 2. The smallest absolute Gasteiger partial charge is 0.239 e. The molecule has 82 valence electrons. The van der Waals surface area contributed by atoms with Gasteiger partial charge in [-0.2, -0.15) is 4.98 Å². The molecule has 15 heavy (non-hydrogen) atoms. The van der Waals surface area contributed by atoms with Gasteiger partial charge in [0.25, 0.3) is 0 Å². The van der Waals surface area contributed by atoms with Crippen molar-refractivity contribution in [2.45, 2.75) is 18.9 Å². The van der Waals surface area contributed by atoms with Crippen LogP contribution in [0.1, 0.15) is 12.8 Å². The second kappa shape index (κ2) is 4.41. The molecule has 1 fully saturated rings. The van der Waals surface area contributed by atoms with Gasteiger partial charge in [-0.15, -0.1) is 0 Å². The highest BCUT2D eigenvalue weighted by Crippen LogP contribution is 2.32. The zero-order chi connectivity index (χ0) is 10.7. The maximum Gasteiger partial charge on any atom is 0.239 e. The summed E-state index contributed by atoms with van der Waals surface area (Å²) in [6, 6.07) is 1.74. The predicted octanol–water partition coefficient (Wildman–Crippen LogP) is -0.0550. The van der Waals surface area contributed by atoms with E-state index >= 15 is 0 Å². The van der Waals surface area contributed by atoms with Gasteiger partial charge in [0, 0.05) is 12.7 Å². The Morgan fingerprint density at radius 1 is 1.60 bits per heavy atom. The van der Waals surface area contributed by atoms with Crippen LogP contribution in [0.3, 0.4) is 0 Å². The first kappa shape index (κ1) is 10.1. The van der Waals surface area contributed by atoms with Gasteiger partial charge in [-0.05, 0) is 24.8 Å². The first-order valence-electron chi connectivity index (χ1n) is 5.01. The number of rotatable bonds is 5. The average Bonchev–Trinajstić information content (AvgIpc) is 3.10. The molecule has 0 aromatic carbocycles. The van der Waals surface area contributed by atoms with E-state index in [1.54, 1.807) is 12.3 Å². The summed E-state index contributed by atoms with van der Waals surface area (Å²) in [6.07, 6.45) is 3.58. The molecule has 0 radical (unpaired) electrons. The summed E-state index contributed by atoms with van der Waals surface area (Å²) >= 11 is 0. The van der Waals surface area contributed by atoms with E-state index in [1.165, 1.54) is 0 Å². The van der Waals surface area contributed by atoms with Crippen LogP contribution < -0.4 is 16.6 Å². The Balaban J connectivity index is 1.86. The number of nitrogens with two attached hydrogens (primary N) is 1. The molecule has 1 heterocycles. The van der Waals surface area contributed by atoms with E-state index < -0.39 is 0 Å². The van der Waals surface area contributed by atoms with Crippen molar-refractivity contribution >= 4 is 11.8 Å². The lowest BCUT2D eigenvalue weighted by Crippen LogP contribution is -2.22. The van der Waals surface area contributed by atoms with Crippen molar-refractivity contribution in [2.24, 2.45) is 11.8 Å². The molecular weight excluding hydrogens is 194 g/mol. The van der Waals surface area contributed by atoms with Crippen molar-refractivity contribution in [3.63, 3.8) is 0 Å². The number of hydrogen-bond acceptors (Lipinski definition) is 6. The molecule has 0 aliphatic heterocycles. The van der Waals surface area contributed by atoms with Crippen LogP contribution in [0.2, 0.25) is 0 Å². The zero-order valence-corrected chi connectivity index (χ0v) is 8.35. The van der Waals surface area contributed by atoms with Gasteiger partial charge in [-0.25, -0.2) is 10.8 Å². The fraction of sp³-hybridized carbons (Fsp3) is 0.556. The summed E-state index contributed by atoms with van der Waals surface area (Å²) in [5.41, 5.74) is 2.37. The summed E-state index contributed by atoms with van der Waals surface area (Å²) in [4.78, 5) is 7.96. The number of hydrazine groups is 1. The molecular formula is C9H15N5O. The monoisotopic (exact) mass is 209 g/mol. The van der Waals surface area contributed by atoms with Crippen LogP contribution in [-0.2, 0) is 0 Å². The largest absolute Gasteiger partial charge is 0.391 e. The zero-order valence-electron chi connectivity index (χ0n) is 8.35. The van der Waals surface area contributed by atoms with Gasteiger partial charge < -0.3 is 10.4 Å². The molecule has 0 saturated heterocycles. The molecule has 6 heteroatoms. The second-order valence-electron chi connectivity index (χ2n) is 3.70. The molecule has 1 saturated carbocycles. The van der Waals surface area contributed by atoms with Crippen molar-refractivity contribution in [2.75, 3.05) is 17.3 Å². The first-order valence-corrected chi connectivity index (χ1v) is 5.01. The van der Waals surface area contributed by atoms with Gasteiger partial charge in [0.2, 0.25) is 5.95 Å². The maximum absolute atomic E-state index is 9.63. The fourth-order valence-corrected chi connectivity index (χ4v) is 1.38. The van der Waals surface area contributed by atoms with Gasteiger partial charge in [-0.1, -0.05) is 0 Å². The predicted molar refractivity (Wildman–Crippen MR) is 57.1 cm³/mol. The molecule has 5 N–H and O–H groups in total. The number of aliphatic hydroxyl groups is 1. The van der Waals surface area contributed by atoms with Crippen molar-refractivity contribution in [1.82, 2.24) is 9.97 Å². The minimum atomic E-state index is -0.283. The normalized spacial score (nSPS) is 17.2. The quantitative estimate of drug-likeness (QED) is 0.401. The van der Waals surface area contributed by atoms with E-state index in [9.17, 15) is 5.11 Å². The first-order chi connectivity index (χ1) is 7.29. The van der Waals surface area contributed by atoms with Crippen molar-refractivity contribution < 1.29 is 5.11 Å². The van der Waals surface area contributed by atoms with E-state index in [4.69, 9.17) is 5.84 Å². The van der Waals surface area contributed by atoms with Crippen molar-refractivity contribution in [3.05, 3.63) is 12.3 Å².